The highest BCUT2D eigenvalue weighted by Crippen LogP contribution is 2.17. The average molecular weight is 192 g/mol. The van der Waals surface area contributed by atoms with Crippen LogP contribution in [0.1, 0.15) is 21.1 Å². The minimum absolute atomic E-state index is 0.0382. The lowest BCUT2D eigenvalue weighted by Crippen LogP contribution is -2.03. The van der Waals surface area contributed by atoms with Crippen molar-refractivity contribution in [2.24, 2.45) is 0 Å². The summed E-state index contributed by atoms with van der Waals surface area (Å²) in [6.07, 6.45) is 3.23. The van der Waals surface area contributed by atoms with Gasteiger partial charge in [-0.1, -0.05) is 0 Å². The van der Waals surface area contributed by atoms with E-state index in [2.05, 4.69) is 9.97 Å². The molecule has 2 aromatic rings. The number of imidazole rings is 1. The lowest BCUT2D eigenvalue weighted by atomic mass is 10.2. The van der Waals surface area contributed by atoms with Crippen molar-refractivity contribution < 1.29 is 4.79 Å². The van der Waals surface area contributed by atoms with Crippen molar-refractivity contribution >= 4 is 17.1 Å². The number of aromatic nitrogens is 2. The number of carbonyl (C=O) groups excluding carboxylic acids is 1. The predicted octanol–water partition coefficient (Wildman–Crippen LogP) is 2.01. The summed E-state index contributed by atoms with van der Waals surface area (Å²) in [6.45, 7) is 1.93. The Kier molecular flexibility index (Phi) is 1.98. The van der Waals surface area contributed by atoms with E-state index in [9.17, 15) is 4.79 Å². The molecule has 66 valence electrons. The molecule has 0 radical (unpaired) electrons. The van der Waals surface area contributed by atoms with Gasteiger partial charge in [0.1, 0.15) is 0 Å². The second-order valence-electron chi connectivity index (χ2n) is 2.66. The second-order valence-corrected chi connectivity index (χ2v) is 3.78. The Bertz CT molecular complexity index is 417. The maximum atomic E-state index is 11.7. The summed E-state index contributed by atoms with van der Waals surface area (Å²) in [5.41, 5.74) is 0.736. The Morgan fingerprint density at radius 2 is 2.46 bits per heavy atom. The van der Waals surface area contributed by atoms with Crippen LogP contribution in [0.3, 0.4) is 0 Å². The van der Waals surface area contributed by atoms with Crippen molar-refractivity contribution in [3.05, 3.63) is 40.1 Å². The molecule has 0 atom stereocenters. The molecule has 0 aliphatic rings. The van der Waals surface area contributed by atoms with Gasteiger partial charge in [0.2, 0.25) is 5.78 Å². The minimum Gasteiger partial charge on any atom is -0.342 e. The van der Waals surface area contributed by atoms with Crippen LogP contribution >= 0.6 is 11.3 Å². The number of aryl methyl sites for hydroxylation is 1. The monoisotopic (exact) mass is 192 g/mol. The number of nitrogens with zero attached hydrogens (tertiary/aromatic N) is 1. The van der Waals surface area contributed by atoms with Crippen molar-refractivity contribution in [1.29, 1.82) is 0 Å². The molecular weight excluding hydrogens is 184 g/mol. The first-order chi connectivity index (χ1) is 6.29. The fourth-order valence-corrected chi connectivity index (χ4v) is 1.83. The van der Waals surface area contributed by atoms with Crippen LogP contribution in [-0.4, -0.2) is 15.8 Å². The molecule has 3 nitrogen and oxygen atoms in total. The van der Waals surface area contributed by atoms with Gasteiger partial charge in [0.05, 0.1) is 0 Å². The highest BCUT2D eigenvalue weighted by atomic mass is 32.1. The highest BCUT2D eigenvalue weighted by Gasteiger charge is 2.13. The van der Waals surface area contributed by atoms with E-state index in [0.717, 1.165) is 10.4 Å². The van der Waals surface area contributed by atoms with Gasteiger partial charge in [0.15, 0.2) is 5.82 Å². The van der Waals surface area contributed by atoms with Gasteiger partial charge in [-0.2, -0.15) is 0 Å². The summed E-state index contributed by atoms with van der Waals surface area (Å²) in [5.74, 6) is 0.366. The molecule has 4 heteroatoms. The Morgan fingerprint density at radius 1 is 1.62 bits per heavy atom. The van der Waals surface area contributed by atoms with Gasteiger partial charge < -0.3 is 4.98 Å². The van der Waals surface area contributed by atoms with Crippen molar-refractivity contribution in [1.82, 2.24) is 9.97 Å². The second kappa shape index (κ2) is 3.14. The van der Waals surface area contributed by atoms with E-state index in [1.807, 2.05) is 18.4 Å². The number of rotatable bonds is 2. The smallest absolute Gasteiger partial charge is 0.229 e. The quantitative estimate of drug-likeness (QED) is 0.740. The Labute approximate surface area is 79.4 Å². The van der Waals surface area contributed by atoms with Crippen LogP contribution in [0.4, 0.5) is 0 Å². The van der Waals surface area contributed by atoms with Gasteiger partial charge >= 0.3 is 0 Å². The van der Waals surface area contributed by atoms with Crippen molar-refractivity contribution in [2.75, 3.05) is 0 Å². The van der Waals surface area contributed by atoms with E-state index in [1.54, 1.807) is 23.7 Å². The highest BCUT2D eigenvalue weighted by molar-refractivity contribution is 7.10. The third-order valence-corrected chi connectivity index (χ3v) is 2.66. The normalized spacial score (nSPS) is 10.2. The molecule has 0 fully saturated rings. The third kappa shape index (κ3) is 1.40. The standard InChI is InChI=1S/C9H8N2OS/c1-6-7(2-5-13-6)8(12)9-10-3-4-11-9/h2-5H,1H3,(H,10,11). The SMILES string of the molecule is Cc1sccc1C(=O)c1ncc[nH]1. The molecule has 1 N–H and O–H groups in total. The maximum absolute atomic E-state index is 11.7. The van der Waals surface area contributed by atoms with E-state index in [1.165, 1.54) is 0 Å². The molecule has 0 spiro atoms. The van der Waals surface area contributed by atoms with Crippen LogP contribution in [0.25, 0.3) is 0 Å². The van der Waals surface area contributed by atoms with Crippen LogP contribution < -0.4 is 0 Å². The van der Waals surface area contributed by atoms with Crippen LogP contribution in [-0.2, 0) is 0 Å². The van der Waals surface area contributed by atoms with Gasteiger partial charge in [-0.3, -0.25) is 4.79 Å². The summed E-state index contributed by atoms with van der Waals surface area (Å²) in [7, 11) is 0. The van der Waals surface area contributed by atoms with Crippen molar-refractivity contribution in [3.63, 3.8) is 0 Å². The van der Waals surface area contributed by atoms with Crippen molar-refractivity contribution in [2.45, 2.75) is 6.92 Å². The average Bonchev–Trinajstić information content (AvgIpc) is 2.72. The summed E-state index contributed by atoms with van der Waals surface area (Å²) in [5, 5.41) is 1.91. The van der Waals surface area contributed by atoms with Gasteiger partial charge in [-0.15, -0.1) is 11.3 Å². The fourth-order valence-electron chi connectivity index (χ4n) is 1.14. The summed E-state index contributed by atoms with van der Waals surface area (Å²) >= 11 is 1.57. The van der Waals surface area contributed by atoms with E-state index in [0.29, 0.717) is 5.82 Å². The molecular formula is C9H8N2OS. The minimum atomic E-state index is -0.0382. The zero-order valence-corrected chi connectivity index (χ0v) is 7.89. The fraction of sp³-hybridized carbons (Fsp3) is 0.111. The Balaban J connectivity index is 2.39. The molecule has 0 saturated carbocycles. The van der Waals surface area contributed by atoms with Crippen molar-refractivity contribution in [3.8, 4) is 0 Å². The first-order valence-corrected chi connectivity index (χ1v) is 4.75. The first kappa shape index (κ1) is 8.19. The van der Waals surface area contributed by atoms with Crippen LogP contribution in [0.15, 0.2) is 23.8 Å². The zero-order chi connectivity index (χ0) is 9.26. The van der Waals surface area contributed by atoms with Crippen LogP contribution in [0.5, 0.6) is 0 Å². The molecule has 13 heavy (non-hydrogen) atoms. The molecule has 0 amide bonds. The molecule has 0 aromatic carbocycles. The lowest BCUT2D eigenvalue weighted by Gasteiger charge is -1.94. The van der Waals surface area contributed by atoms with E-state index in [-0.39, 0.29) is 5.78 Å². The summed E-state index contributed by atoms with van der Waals surface area (Å²) in [4.78, 5) is 19.4. The van der Waals surface area contributed by atoms with Crippen LogP contribution in [0.2, 0.25) is 0 Å². The molecule has 2 aromatic heterocycles. The summed E-state index contributed by atoms with van der Waals surface area (Å²) in [6, 6.07) is 1.82. The van der Waals surface area contributed by atoms with Gasteiger partial charge in [0.25, 0.3) is 0 Å². The van der Waals surface area contributed by atoms with E-state index < -0.39 is 0 Å². The number of aromatic amines is 1. The number of carbonyl (C=O) groups is 1. The molecule has 2 rings (SSSR count). The van der Waals surface area contributed by atoms with E-state index >= 15 is 0 Å². The number of hydrogen-bond donors (Lipinski definition) is 1. The van der Waals surface area contributed by atoms with Gasteiger partial charge in [-0.05, 0) is 18.4 Å². The number of nitrogens with one attached hydrogen (secondary N) is 1. The number of hydrogen-bond acceptors (Lipinski definition) is 3. The predicted molar refractivity (Wildman–Crippen MR) is 51.1 cm³/mol. The molecule has 0 saturated heterocycles. The molecule has 2 heterocycles. The number of H-pyrrole nitrogens is 1. The van der Waals surface area contributed by atoms with Crippen LogP contribution in [0, 0.1) is 6.92 Å². The Morgan fingerprint density at radius 3 is 3.00 bits per heavy atom. The van der Waals surface area contributed by atoms with Gasteiger partial charge in [0, 0.05) is 22.8 Å². The topological polar surface area (TPSA) is 45.8 Å². The molecule has 0 unspecified atom stereocenters. The number of thiophene rings is 1. The van der Waals surface area contributed by atoms with E-state index in [4.69, 9.17) is 0 Å². The first-order valence-electron chi connectivity index (χ1n) is 3.87. The maximum Gasteiger partial charge on any atom is 0.229 e. The number of ketones is 1. The Hall–Kier alpha value is -1.42. The summed E-state index contributed by atoms with van der Waals surface area (Å²) < 4.78 is 0. The zero-order valence-electron chi connectivity index (χ0n) is 7.07. The molecule has 0 aliphatic heterocycles. The third-order valence-electron chi connectivity index (χ3n) is 1.82. The molecule has 0 aliphatic carbocycles. The lowest BCUT2D eigenvalue weighted by molar-refractivity contribution is 0.103. The largest absolute Gasteiger partial charge is 0.342 e. The molecule has 0 bridgehead atoms. The van der Waals surface area contributed by atoms with Gasteiger partial charge in [-0.25, -0.2) is 4.98 Å².